The Balaban J connectivity index is 0.00000324. The Hall–Kier alpha value is -1.21. The van der Waals surface area contributed by atoms with Gasteiger partial charge in [-0.3, -0.25) is 0 Å². The second-order valence-electron chi connectivity index (χ2n) is 3.65. The number of halogens is 5. The Kier molecular flexibility index (Phi) is 6.38. The third-order valence-corrected chi connectivity index (χ3v) is 2.35. The molecule has 1 aromatic rings. The SMILES string of the molecule is COc1cc(F)c([C@H](N)CC(F)(F)F)cc1OC.Cl. The lowest BCUT2D eigenvalue weighted by molar-refractivity contribution is -0.138. The predicted octanol–water partition coefficient (Wildman–Crippen LogP) is 3.22. The second-order valence-corrected chi connectivity index (χ2v) is 3.65. The maximum Gasteiger partial charge on any atom is 0.390 e. The smallest absolute Gasteiger partial charge is 0.390 e. The number of ether oxygens (including phenoxy) is 2. The summed E-state index contributed by atoms with van der Waals surface area (Å²) in [5.41, 5.74) is 5.08. The van der Waals surface area contributed by atoms with E-state index in [1.54, 1.807) is 0 Å². The van der Waals surface area contributed by atoms with Crippen molar-refractivity contribution in [1.29, 1.82) is 0 Å². The fourth-order valence-electron chi connectivity index (χ4n) is 1.51. The van der Waals surface area contributed by atoms with Crippen molar-refractivity contribution in [2.75, 3.05) is 14.2 Å². The van der Waals surface area contributed by atoms with Crippen LogP contribution in [0.3, 0.4) is 0 Å². The van der Waals surface area contributed by atoms with Crippen LogP contribution in [-0.4, -0.2) is 20.4 Å². The third-order valence-electron chi connectivity index (χ3n) is 2.35. The predicted molar refractivity (Wildman–Crippen MR) is 64.4 cm³/mol. The summed E-state index contributed by atoms with van der Waals surface area (Å²) in [7, 11) is 2.60. The normalized spacial score (nSPS) is 12.6. The molecular formula is C11H14ClF4NO2. The Morgan fingerprint density at radius 3 is 2.05 bits per heavy atom. The van der Waals surface area contributed by atoms with Gasteiger partial charge in [0.2, 0.25) is 0 Å². The summed E-state index contributed by atoms with van der Waals surface area (Å²) in [5.74, 6) is -0.631. The topological polar surface area (TPSA) is 44.5 Å². The zero-order valence-corrected chi connectivity index (χ0v) is 11.1. The highest BCUT2D eigenvalue weighted by atomic mass is 35.5. The minimum Gasteiger partial charge on any atom is -0.493 e. The van der Waals surface area contributed by atoms with Crippen LogP contribution in [0.5, 0.6) is 11.5 Å². The monoisotopic (exact) mass is 303 g/mol. The van der Waals surface area contributed by atoms with E-state index >= 15 is 0 Å². The van der Waals surface area contributed by atoms with Gasteiger partial charge in [0, 0.05) is 17.7 Å². The molecule has 0 aliphatic rings. The Morgan fingerprint density at radius 2 is 1.63 bits per heavy atom. The van der Waals surface area contributed by atoms with Crippen molar-refractivity contribution >= 4 is 12.4 Å². The van der Waals surface area contributed by atoms with Crippen molar-refractivity contribution < 1.29 is 27.0 Å². The minimum absolute atomic E-state index is 0. The molecule has 0 spiro atoms. The fraction of sp³-hybridized carbons (Fsp3) is 0.455. The van der Waals surface area contributed by atoms with E-state index in [2.05, 4.69) is 0 Å². The van der Waals surface area contributed by atoms with Gasteiger partial charge >= 0.3 is 6.18 Å². The molecule has 19 heavy (non-hydrogen) atoms. The van der Waals surface area contributed by atoms with Crippen LogP contribution in [0, 0.1) is 5.82 Å². The number of benzene rings is 1. The van der Waals surface area contributed by atoms with E-state index in [1.807, 2.05) is 0 Å². The minimum atomic E-state index is -4.46. The lowest BCUT2D eigenvalue weighted by Gasteiger charge is -2.17. The fourth-order valence-corrected chi connectivity index (χ4v) is 1.51. The van der Waals surface area contributed by atoms with Gasteiger partial charge in [-0.15, -0.1) is 12.4 Å². The van der Waals surface area contributed by atoms with Crippen molar-refractivity contribution in [3.05, 3.63) is 23.5 Å². The zero-order valence-electron chi connectivity index (χ0n) is 10.3. The highest BCUT2D eigenvalue weighted by Gasteiger charge is 2.32. The number of methoxy groups -OCH3 is 2. The number of rotatable bonds is 4. The van der Waals surface area contributed by atoms with Gasteiger partial charge in [-0.05, 0) is 6.07 Å². The first-order chi connectivity index (χ1) is 8.28. The molecule has 1 rings (SSSR count). The Labute approximate surface area is 114 Å². The van der Waals surface area contributed by atoms with Gasteiger partial charge in [-0.25, -0.2) is 4.39 Å². The van der Waals surface area contributed by atoms with Crippen LogP contribution in [0.1, 0.15) is 18.0 Å². The van der Waals surface area contributed by atoms with Crippen LogP contribution < -0.4 is 15.2 Å². The van der Waals surface area contributed by atoms with Crippen LogP contribution in [-0.2, 0) is 0 Å². The third kappa shape index (κ3) is 4.76. The highest BCUT2D eigenvalue weighted by molar-refractivity contribution is 5.85. The first-order valence-corrected chi connectivity index (χ1v) is 5.02. The van der Waals surface area contributed by atoms with E-state index < -0.39 is 24.5 Å². The van der Waals surface area contributed by atoms with E-state index in [0.717, 1.165) is 12.1 Å². The van der Waals surface area contributed by atoms with Gasteiger partial charge in [0.15, 0.2) is 11.5 Å². The molecule has 0 saturated carbocycles. The molecule has 0 amide bonds. The molecule has 0 fully saturated rings. The summed E-state index contributed by atoms with van der Waals surface area (Å²) in [6.07, 6.45) is -5.77. The first kappa shape index (κ1) is 17.8. The molecule has 0 aliphatic heterocycles. The largest absolute Gasteiger partial charge is 0.493 e. The summed E-state index contributed by atoms with van der Waals surface area (Å²) < 4.78 is 59.9. The molecule has 2 N–H and O–H groups in total. The molecule has 110 valence electrons. The number of hydrogen-bond acceptors (Lipinski definition) is 3. The molecule has 8 heteroatoms. The standard InChI is InChI=1S/C11H13F4NO2.ClH/c1-17-9-3-6(7(12)4-10(9)18-2)8(16)5-11(13,14)15;/h3-4,8H,5,16H2,1-2H3;1H/t8-;/m1./s1. The van der Waals surface area contributed by atoms with Crippen LogP contribution in [0.4, 0.5) is 17.6 Å². The zero-order chi connectivity index (χ0) is 13.9. The summed E-state index contributed by atoms with van der Waals surface area (Å²) in [5, 5.41) is 0. The van der Waals surface area contributed by atoms with Gasteiger partial charge in [0.1, 0.15) is 5.82 Å². The van der Waals surface area contributed by atoms with Gasteiger partial charge in [0.05, 0.1) is 20.6 Å². The van der Waals surface area contributed by atoms with E-state index in [1.165, 1.54) is 14.2 Å². The summed E-state index contributed by atoms with van der Waals surface area (Å²) in [6, 6.07) is 0.583. The molecule has 0 radical (unpaired) electrons. The summed E-state index contributed by atoms with van der Waals surface area (Å²) in [6.45, 7) is 0. The second kappa shape index (κ2) is 6.81. The lowest BCUT2D eigenvalue weighted by atomic mass is 10.0. The average molecular weight is 304 g/mol. The molecule has 0 bridgehead atoms. The molecule has 3 nitrogen and oxygen atoms in total. The number of hydrogen-bond donors (Lipinski definition) is 1. The van der Waals surface area contributed by atoms with Crippen molar-refractivity contribution in [2.45, 2.75) is 18.6 Å². The van der Waals surface area contributed by atoms with Crippen LogP contribution in [0.15, 0.2) is 12.1 Å². The van der Waals surface area contributed by atoms with E-state index in [4.69, 9.17) is 15.2 Å². The van der Waals surface area contributed by atoms with Gasteiger partial charge in [0.25, 0.3) is 0 Å². The number of nitrogens with two attached hydrogens (primary N) is 1. The Morgan fingerprint density at radius 1 is 1.16 bits per heavy atom. The van der Waals surface area contributed by atoms with Crippen molar-refractivity contribution in [3.8, 4) is 11.5 Å². The van der Waals surface area contributed by atoms with E-state index in [9.17, 15) is 17.6 Å². The molecule has 1 aromatic carbocycles. The molecular weight excluding hydrogens is 290 g/mol. The van der Waals surface area contributed by atoms with E-state index in [-0.39, 0.29) is 29.5 Å². The van der Waals surface area contributed by atoms with Gasteiger partial charge in [-0.1, -0.05) is 0 Å². The van der Waals surface area contributed by atoms with Gasteiger partial charge < -0.3 is 15.2 Å². The first-order valence-electron chi connectivity index (χ1n) is 5.02. The van der Waals surface area contributed by atoms with Crippen LogP contribution in [0.2, 0.25) is 0 Å². The van der Waals surface area contributed by atoms with Crippen LogP contribution in [0.25, 0.3) is 0 Å². The highest BCUT2D eigenvalue weighted by Crippen LogP contribution is 2.35. The molecule has 0 aliphatic carbocycles. The number of alkyl halides is 3. The van der Waals surface area contributed by atoms with Crippen LogP contribution >= 0.6 is 12.4 Å². The maximum atomic E-state index is 13.6. The summed E-state index contributed by atoms with van der Waals surface area (Å²) >= 11 is 0. The lowest BCUT2D eigenvalue weighted by Crippen LogP contribution is -2.21. The molecule has 0 unspecified atom stereocenters. The quantitative estimate of drug-likeness (QED) is 0.869. The Bertz CT molecular complexity index is 426. The van der Waals surface area contributed by atoms with Crippen molar-refractivity contribution in [3.63, 3.8) is 0 Å². The molecule has 0 aromatic heterocycles. The van der Waals surface area contributed by atoms with E-state index in [0.29, 0.717) is 0 Å². The average Bonchev–Trinajstić information content (AvgIpc) is 2.26. The maximum absolute atomic E-state index is 13.6. The molecule has 0 heterocycles. The molecule has 0 saturated heterocycles. The van der Waals surface area contributed by atoms with Crippen molar-refractivity contribution in [1.82, 2.24) is 0 Å². The summed E-state index contributed by atoms with van der Waals surface area (Å²) in [4.78, 5) is 0. The van der Waals surface area contributed by atoms with Crippen molar-refractivity contribution in [2.24, 2.45) is 5.73 Å². The molecule has 1 atom stereocenters. The van der Waals surface area contributed by atoms with Gasteiger partial charge in [-0.2, -0.15) is 13.2 Å².